The molecule has 0 spiro atoms. The first-order chi connectivity index (χ1) is 13.3. The van der Waals surface area contributed by atoms with Crippen LogP contribution in [0.4, 0.5) is 0 Å². The first-order valence-corrected chi connectivity index (χ1v) is 10.0. The molecule has 6 heteroatoms. The van der Waals surface area contributed by atoms with E-state index in [1.54, 1.807) is 0 Å². The molecule has 3 atom stereocenters. The highest BCUT2D eigenvalue weighted by Gasteiger charge is 2.53. The zero-order valence-corrected chi connectivity index (χ0v) is 15.6. The molecule has 7 rings (SSSR count). The molecule has 1 aromatic heterocycles. The quantitative estimate of drug-likeness (QED) is 0.832. The Morgan fingerprint density at radius 1 is 1.11 bits per heavy atom. The molecule has 27 heavy (non-hydrogen) atoms. The topological polar surface area (TPSA) is 51.0 Å². The predicted octanol–water partition coefficient (Wildman–Crippen LogP) is 2.77. The SMILES string of the molecule is Cc1nc(CN2C[C@@H](c3ccc4c(c3)OCO4)[C@@H]3[C@H]2C2CCN3CC2)co1. The Kier molecular flexibility index (Phi) is 3.53. The van der Waals surface area contributed by atoms with Gasteiger partial charge >= 0.3 is 0 Å². The molecule has 4 fully saturated rings. The summed E-state index contributed by atoms with van der Waals surface area (Å²) in [4.78, 5) is 9.95. The van der Waals surface area contributed by atoms with Gasteiger partial charge in [0.25, 0.3) is 0 Å². The Morgan fingerprint density at radius 3 is 2.78 bits per heavy atom. The third kappa shape index (κ3) is 2.50. The molecule has 1 aromatic carbocycles. The van der Waals surface area contributed by atoms with Crippen LogP contribution in [0.25, 0.3) is 0 Å². The molecule has 0 N–H and O–H groups in total. The van der Waals surface area contributed by atoms with Crippen molar-refractivity contribution in [1.82, 2.24) is 14.8 Å². The molecule has 5 aliphatic rings. The number of piperidine rings is 3. The number of rotatable bonds is 3. The van der Waals surface area contributed by atoms with Gasteiger partial charge in [-0.25, -0.2) is 4.98 Å². The maximum Gasteiger partial charge on any atom is 0.231 e. The van der Waals surface area contributed by atoms with Crippen molar-refractivity contribution in [2.45, 2.75) is 44.3 Å². The van der Waals surface area contributed by atoms with Gasteiger partial charge in [-0.05, 0) is 49.5 Å². The van der Waals surface area contributed by atoms with Gasteiger partial charge in [-0.2, -0.15) is 0 Å². The largest absolute Gasteiger partial charge is 0.454 e. The van der Waals surface area contributed by atoms with Crippen molar-refractivity contribution in [2.75, 3.05) is 26.4 Å². The summed E-state index contributed by atoms with van der Waals surface area (Å²) in [7, 11) is 0. The molecule has 2 aromatic rings. The van der Waals surface area contributed by atoms with Crippen LogP contribution < -0.4 is 9.47 Å². The van der Waals surface area contributed by atoms with Gasteiger partial charge < -0.3 is 13.9 Å². The average molecular weight is 367 g/mol. The molecule has 0 unspecified atom stereocenters. The summed E-state index contributed by atoms with van der Waals surface area (Å²) in [5.74, 6) is 3.81. The van der Waals surface area contributed by atoms with Crippen LogP contribution >= 0.6 is 0 Å². The van der Waals surface area contributed by atoms with Gasteiger partial charge in [0, 0.05) is 38.0 Å². The maximum atomic E-state index is 5.65. The predicted molar refractivity (Wildman–Crippen MR) is 98.8 cm³/mol. The van der Waals surface area contributed by atoms with E-state index in [-0.39, 0.29) is 0 Å². The van der Waals surface area contributed by atoms with Crippen LogP contribution in [0.3, 0.4) is 0 Å². The second-order valence-corrected chi connectivity index (χ2v) is 8.36. The lowest BCUT2D eigenvalue weighted by atomic mass is 9.75. The Hall–Kier alpha value is -2.05. The fourth-order valence-corrected chi connectivity index (χ4v) is 5.85. The highest BCUT2D eigenvalue weighted by Crippen LogP contribution is 2.48. The monoisotopic (exact) mass is 367 g/mol. The van der Waals surface area contributed by atoms with E-state index in [0.717, 1.165) is 42.1 Å². The number of likely N-dealkylation sites (tertiary alicyclic amines) is 1. The lowest BCUT2D eigenvalue weighted by molar-refractivity contribution is -0.00899. The summed E-state index contributed by atoms with van der Waals surface area (Å²) in [6.07, 6.45) is 4.46. The Bertz CT molecular complexity index is 858. The average Bonchev–Trinajstić information content (AvgIpc) is 3.42. The van der Waals surface area contributed by atoms with E-state index in [0.29, 0.717) is 24.8 Å². The number of hydrogen-bond donors (Lipinski definition) is 0. The standard InChI is InChI=1S/C21H25N3O3/c1-13-22-16(11-25-13)9-24-10-17(15-2-3-18-19(8-15)27-12-26-18)21-20(24)14-4-6-23(21)7-5-14/h2-3,8,11,14,17,20-21H,4-7,9-10,12H2,1H3/t17-,20+,21+/m0/s1. The highest BCUT2D eigenvalue weighted by atomic mass is 16.7. The smallest absolute Gasteiger partial charge is 0.231 e. The second kappa shape index (κ2) is 5.97. The van der Waals surface area contributed by atoms with E-state index in [4.69, 9.17) is 13.9 Å². The van der Waals surface area contributed by atoms with Crippen molar-refractivity contribution < 1.29 is 13.9 Å². The van der Waals surface area contributed by atoms with Crippen molar-refractivity contribution in [3.8, 4) is 11.5 Å². The molecule has 2 bridgehead atoms. The minimum atomic E-state index is 0.335. The molecular formula is C21H25N3O3. The van der Waals surface area contributed by atoms with Crippen LogP contribution in [0.15, 0.2) is 28.9 Å². The molecule has 142 valence electrons. The number of nitrogens with zero attached hydrogens (tertiary/aromatic N) is 3. The van der Waals surface area contributed by atoms with Crippen molar-refractivity contribution in [3.05, 3.63) is 41.6 Å². The van der Waals surface area contributed by atoms with E-state index >= 15 is 0 Å². The van der Waals surface area contributed by atoms with Crippen LogP contribution in [0, 0.1) is 12.8 Å². The molecule has 0 radical (unpaired) electrons. The minimum absolute atomic E-state index is 0.335. The first kappa shape index (κ1) is 16.0. The minimum Gasteiger partial charge on any atom is -0.454 e. The van der Waals surface area contributed by atoms with E-state index in [1.807, 2.05) is 13.2 Å². The lowest BCUT2D eigenvalue weighted by Crippen LogP contribution is -2.60. The van der Waals surface area contributed by atoms with E-state index in [9.17, 15) is 0 Å². The van der Waals surface area contributed by atoms with Crippen LogP contribution in [-0.2, 0) is 6.54 Å². The number of aromatic nitrogens is 1. The fraction of sp³-hybridized carbons (Fsp3) is 0.571. The Morgan fingerprint density at radius 2 is 1.96 bits per heavy atom. The van der Waals surface area contributed by atoms with Crippen LogP contribution in [0.1, 0.15) is 35.9 Å². The molecule has 0 saturated carbocycles. The Labute approximate surface area is 159 Å². The van der Waals surface area contributed by atoms with Gasteiger partial charge in [0.1, 0.15) is 6.26 Å². The molecule has 6 nitrogen and oxygen atoms in total. The van der Waals surface area contributed by atoms with Gasteiger partial charge in [-0.3, -0.25) is 9.80 Å². The maximum absolute atomic E-state index is 5.65. The van der Waals surface area contributed by atoms with Crippen molar-refractivity contribution >= 4 is 0 Å². The highest BCUT2D eigenvalue weighted by molar-refractivity contribution is 5.46. The number of hydrogen-bond acceptors (Lipinski definition) is 6. The van der Waals surface area contributed by atoms with E-state index in [1.165, 1.54) is 31.5 Å². The van der Waals surface area contributed by atoms with Crippen molar-refractivity contribution in [2.24, 2.45) is 5.92 Å². The number of fused-ring (bicyclic) bond motifs is 3. The second-order valence-electron chi connectivity index (χ2n) is 8.36. The van der Waals surface area contributed by atoms with Gasteiger partial charge in [-0.1, -0.05) is 6.07 Å². The van der Waals surface area contributed by atoms with Gasteiger partial charge in [0.2, 0.25) is 6.79 Å². The van der Waals surface area contributed by atoms with E-state index < -0.39 is 0 Å². The number of aryl methyl sites for hydroxylation is 1. The number of benzene rings is 1. The molecular weight excluding hydrogens is 342 g/mol. The van der Waals surface area contributed by atoms with Crippen molar-refractivity contribution in [1.29, 1.82) is 0 Å². The number of ether oxygens (including phenoxy) is 2. The van der Waals surface area contributed by atoms with E-state index in [2.05, 4.69) is 33.0 Å². The molecule has 6 heterocycles. The first-order valence-electron chi connectivity index (χ1n) is 10.0. The molecule has 5 aliphatic heterocycles. The normalized spacial score (nSPS) is 34.2. The van der Waals surface area contributed by atoms with Crippen LogP contribution in [-0.4, -0.2) is 53.3 Å². The van der Waals surface area contributed by atoms with Crippen LogP contribution in [0.2, 0.25) is 0 Å². The molecule has 0 aliphatic carbocycles. The molecule has 4 saturated heterocycles. The van der Waals surface area contributed by atoms with Gasteiger partial charge in [-0.15, -0.1) is 0 Å². The number of oxazole rings is 1. The zero-order chi connectivity index (χ0) is 18.0. The molecule has 0 amide bonds. The van der Waals surface area contributed by atoms with Gasteiger partial charge in [0.05, 0.1) is 5.69 Å². The van der Waals surface area contributed by atoms with Gasteiger partial charge in [0.15, 0.2) is 17.4 Å². The third-order valence-corrected chi connectivity index (χ3v) is 6.95. The zero-order valence-electron chi connectivity index (χ0n) is 15.6. The Balaban J connectivity index is 1.34. The summed E-state index contributed by atoms with van der Waals surface area (Å²) in [5, 5.41) is 0. The van der Waals surface area contributed by atoms with Crippen LogP contribution in [0.5, 0.6) is 11.5 Å². The summed E-state index contributed by atoms with van der Waals surface area (Å²) in [6, 6.07) is 7.72. The fourth-order valence-electron chi connectivity index (χ4n) is 5.85. The lowest BCUT2D eigenvalue weighted by Gasteiger charge is -2.51. The summed E-state index contributed by atoms with van der Waals surface area (Å²) in [5.41, 5.74) is 2.43. The third-order valence-electron chi connectivity index (χ3n) is 6.95. The summed E-state index contributed by atoms with van der Waals surface area (Å²) >= 11 is 0. The van der Waals surface area contributed by atoms with Crippen molar-refractivity contribution in [3.63, 3.8) is 0 Å². The summed E-state index contributed by atoms with van der Waals surface area (Å²) in [6.45, 7) is 6.67. The summed E-state index contributed by atoms with van der Waals surface area (Å²) < 4.78 is 16.6.